The minimum Gasteiger partial charge on any atom is -0.352 e. The molecule has 3 aromatic carbocycles. The molecular formula is C33H40FN3O4S. The number of hydrogen-bond acceptors (Lipinski definition) is 4. The molecule has 0 heterocycles. The second-order valence-electron chi connectivity index (χ2n) is 11.1. The van der Waals surface area contributed by atoms with E-state index in [1.165, 1.54) is 29.2 Å². The van der Waals surface area contributed by atoms with Crippen LogP contribution >= 0.6 is 0 Å². The predicted molar refractivity (Wildman–Crippen MR) is 163 cm³/mol. The number of anilines is 1. The Morgan fingerprint density at radius 3 is 2.02 bits per heavy atom. The second kappa shape index (κ2) is 14.0. The maximum Gasteiger partial charge on any atom is 0.264 e. The number of benzene rings is 3. The van der Waals surface area contributed by atoms with Crippen LogP contribution in [0.1, 0.15) is 62.1 Å². The number of aryl methyl sites for hydroxylation is 2. The van der Waals surface area contributed by atoms with Gasteiger partial charge in [-0.25, -0.2) is 12.8 Å². The van der Waals surface area contributed by atoms with Crippen LogP contribution < -0.4 is 9.62 Å². The van der Waals surface area contributed by atoms with Gasteiger partial charge in [-0.1, -0.05) is 73.7 Å². The first kappa shape index (κ1) is 31.2. The van der Waals surface area contributed by atoms with Crippen molar-refractivity contribution in [2.45, 2.75) is 82.8 Å². The van der Waals surface area contributed by atoms with E-state index < -0.39 is 34.3 Å². The smallest absolute Gasteiger partial charge is 0.264 e. The highest BCUT2D eigenvalue weighted by molar-refractivity contribution is 7.92. The summed E-state index contributed by atoms with van der Waals surface area (Å²) in [5.41, 5.74) is 2.93. The minimum absolute atomic E-state index is 0.0115. The lowest BCUT2D eigenvalue weighted by Gasteiger charge is -2.34. The summed E-state index contributed by atoms with van der Waals surface area (Å²) < 4.78 is 42.6. The summed E-state index contributed by atoms with van der Waals surface area (Å²) in [6.07, 6.45) is 5.42. The zero-order valence-corrected chi connectivity index (χ0v) is 25.4. The third-order valence-electron chi connectivity index (χ3n) is 7.81. The van der Waals surface area contributed by atoms with Crippen molar-refractivity contribution >= 4 is 27.5 Å². The van der Waals surface area contributed by atoms with Gasteiger partial charge in [-0.15, -0.1) is 0 Å². The van der Waals surface area contributed by atoms with Crippen molar-refractivity contribution in [3.05, 3.63) is 95.3 Å². The molecule has 0 saturated heterocycles. The van der Waals surface area contributed by atoms with Crippen LogP contribution in [0.25, 0.3) is 0 Å². The minimum atomic E-state index is -4.20. The van der Waals surface area contributed by atoms with Crippen LogP contribution in [0.3, 0.4) is 0 Å². The summed E-state index contributed by atoms with van der Waals surface area (Å²) in [6.45, 7) is 5.25. The molecule has 1 atom stereocenters. The third-order valence-corrected chi connectivity index (χ3v) is 9.60. The fourth-order valence-electron chi connectivity index (χ4n) is 5.33. The molecule has 1 aliphatic rings. The summed E-state index contributed by atoms with van der Waals surface area (Å²) in [5.74, 6) is -1.29. The number of sulfonamides is 1. The van der Waals surface area contributed by atoms with Gasteiger partial charge in [0.1, 0.15) is 18.4 Å². The van der Waals surface area contributed by atoms with Gasteiger partial charge in [0.05, 0.1) is 10.6 Å². The lowest BCUT2D eigenvalue weighted by Crippen LogP contribution is -2.54. The first-order valence-electron chi connectivity index (χ1n) is 14.6. The number of rotatable bonds is 11. The van der Waals surface area contributed by atoms with Gasteiger partial charge in [0.2, 0.25) is 11.8 Å². The first-order chi connectivity index (χ1) is 20.1. The molecule has 42 heavy (non-hydrogen) atoms. The molecule has 1 unspecified atom stereocenters. The zero-order valence-electron chi connectivity index (χ0n) is 24.6. The molecule has 2 amide bonds. The zero-order chi connectivity index (χ0) is 30.3. The van der Waals surface area contributed by atoms with Gasteiger partial charge in [0.15, 0.2) is 0 Å². The van der Waals surface area contributed by atoms with Gasteiger partial charge in [0, 0.05) is 12.6 Å². The van der Waals surface area contributed by atoms with E-state index in [0.29, 0.717) is 6.42 Å². The number of carbonyl (C=O) groups is 2. The van der Waals surface area contributed by atoms with Crippen molar-refractivity contribution in [1.82, 2.24) is 10.2 Å². The standard InChI is InChI=1S/C33H40FN3O4S/c1-4-31(33(39)35-28-8-6-5-7-9-28)36(22-26-14-10-24(2)11-15-26)32(38)23-37(29-18-16-27(34)17-19-29)42(40,41)30-20-12-25(3)13-21-30/h10-21,28,31H,4-9,22-23H2,1-3H3,(H,35,39). The Labute approximate surface area is 248 Å². The Morgan fingerprint density at radius 1 is 0.881 bits per heavy atom. The summed E-state index contributed by atoms with van der Waals surface area (Å²) >= 11 is 0. The lowest BCUT2D eigenvalue weighted by atomic mass is 9.95. The average molecular weight is 594 g/mol. The second-order valence-corrected chi connectivity index (χ2v) is 12.9. The average Bonchev–Trinajstić information content (AvgIpc) is 2.98. The number of carbonyl (C=O) groups excluding carboxylic acids is 2. The molecule has 7 nitrogen and oxygen atoms in total. The fourth-order valence-corrected chi connectivity index (χ4v) is 6.74. The molecular weight excluding hydrogens is 553 g/mol. The number of nitrogens with zero attached hydrogens (tertiary/aromatic N) is 2. The molecule has 0 spiro atoms. The summed E-state index contributed by atoms with van der Waals surface area (Å²) in [6, 6.07) is 18.3. The molecule has 3 aromatic rings. The third kappa shape index (κ3) is 7.76. The Morgan fingerprint density at radius 2 is 1.45 bits per heavy atom. The van der Waals surface area contributed by atoms with Crippen LogP contribution in [0.4, 0.5) is 10.1 Å². The quantitative estimate of drug-likeness (QED) is 0.300. The van der Waals surface area contributed by atoms with E-state index in [0.717, 1.165) is 65.2 Å². The molecule has 0 radical (unpaired) electrons. The maximum absolute atomic E-state index is 14.2. The lowest BCUT2D eigenvalue weighted by molar-refractivity contribution is -0.140. The fraction of sp³-hybridized carbons (Fsp3) is 0.394. The number of amides is 2. The highest BCUT2D eigenvalue weighted by Crippen LogP contribution is 2.26. The van der Waals surface area contributed by atoms with Gasteiger partial charge in [0.25, 0.3) is 10.0 Å². The highest BCUT2D eigenvalue weighted by Gasteiger charge is 2.34. The van der Waals surface area contributed by atoms with Crippen LogP contribution in [0, 0.1) is 19.7 Å². The van der Waals surface area contributed by atoms with E-state index in [9.17, 15) is 22.4 Å². The van der Waals surface area contributed by atoms with E-state index in [-0.39, 0.29) is 29.1 Å². The van der Waals surface area contributed by atoms with Gasteiger partial charge in [-0.2, -0.15) is 0 Å². The monoisotopic (exact) mass is 593 g/mol. The van der Waals surface area contributed by atoms with Gasteiger partial charge >= 0.3 is 0 Å². The van der Waals surface area contributed by atoms with Crippen LogP contribution in [0.2, 0.25) is 0 Å². The summed E-state index contributed by atoms with van der Waals surface area (Å²) in [7, 11) is -4.20. The largest absolute Gasteiger partial charge is 0.352 e. The Kier molecular flexibility index (Phi) is 10.4. The van der Waals surface area contributed by atoms with E-state index in [1.807, 2.05) is 45.0 Å². The van der Waals surface area contributed by atoms with Gasteiger partial charge in [-0.05, 0) is 75.1 Å². The predicted octanol–water partition coefficient (Wildman–Crippen LogP) is 5.89. The Hall–Kier alpha value is -3.72. The van der Waals surface area contributed by atoms with Gasteiger partial charge in [-0.3, -0.25) is 13.9 Å². The van der Waals surface area contributed by atoms with Crippen molar-refractivity contribution < 1.29 is 22.4 Å². The topological polar surface area (TPSA) is 86.8 Å². The molecule has 0 aromatic heterocycles. The van der Waals surface area contributed by atoms with Crippen LogP contribution in [-0.2, 0) is 26.2 Å². The molecule has 4 rings (SSSR count). The Balaban J connectivity index is 1.69. The molecule has 0 bridgehead atoms. The van der Waals surface area contributed by atoms with Gasteiger partial charge < -0.3 is 10.2 Å². The molecule has 9 heteroatoms. The highest BCUT2D eigenvalue weighted by atomic mass is 32.2. The van der Waals surface area contributed by atoms with E-state index in [1.54, 1.807) is 12.1 Å². The van der Waals surface area contributed by atoms with Crippen LogP contribution in [-0.4, -0.2) is 43.8 Å². The normalized spacial score (nSPS) is 14.7. The number of hydrogen-bond donors (Lipinski definition) is 1. The SMILES string of the molecule is CCC(C(=O)NC1CCCCC1)N(Cc1ccc(C)cc1)C(=O)CN(c1ccc(F)cc1)S(=O)(=O)c1ccc(C)cc1. The van der Waals surface area contributed by atoms with Crippen molar-refractivity contribution in [3.8, 4) is 0 Å². The number of nitrogens with one attached hydrogen (secondary N) is 1. The molecule has 1 N–H and O–H groups in total. The molecule has 1 aliphatic carbocycles. The molecule has 224 valence electrons. The summed E-state index contributed by atoms with van der Waals surface area (Å²) in [5, 5.41) is 3.15. The summed E-state index contributed by atoms with van der Waals surface area (Å²) in [4.78, 5) is 29.2. The Bertz CT molecular complexity index is 1450. The van der Waals surface area contributed by atoms with Crippen molar-refractivity contribution in [2.75, 3.05) is 10.8 Å². The van der Waals surface area contributed by atoms with E-state index in [4.69, 9.17) is 0 Å². The first-order valence-corrected chi connectivity index (χ1v) is 16.0. The van der Waals surface area contributed by atoms with Crippen molar-refractivity contribution in [3.63, 3.8) is 0 Å². The maximum atomic E-state index is 14.2. The van der Waals surface area contributed by atoms with Crippen molar-refractivity contribution in [1.29, 1.82) is 0 Å². The molecule has 0 aliphatic heterocycles. The molecule has 1 fully saturated rings. The van der Waals surface area contributed by atoms with Crippen molar-refractivity contribution in [2.24, 2.45) is 0 Å². The molecule has 1 saturated carbocycles. The van der Waals surface area contributed by atoms with Crippen LogP contribution in [0.15, 0.2) is 77.7 Å². The van der Waals surface area contributed by atoms with Crippen LogP contribution in [0.5, 0.6) is 0 Å². The number of halogens is 1. The van der Waals surface area contributed by atoms with E-state index in [2.05, 4.69) is 5.32 Å². The van der Waals surface area contributed by atoms with E-state index >= 15 is 0 Å².